The first-order chi connectivity index (χ1) is 8.75. The molecule has 0 aromatic rings. The van der Waals surface area contributed by atoms with E-state index in [4.69, 9.17) is 4.74 Å². The van der Waals surface area contributed by atoms with Gasteiger partial charge in [-0.15, -0.1) is 0 Å². The Labute approximate surface area is 112 Å². The topological polar surface area (TPSA) is 66.8 Å². The van der Waals surface area contributed by atoms with Crippen LogP contribution in [0.2, 0.25) is 0 Å². The molecule has 104 valence electrons. The van der Waals surface area contributed by atoms with Crippen LogP contribution >= 0.6 is 0 Å². The first kappa shape index (κ1) is 12.9. The van der Waals surface area contributed by atoms with Crippen LogP contribution in [0.3, 0.4) is 0 Å². The molecule has 0 aromatic carbocycles. The van der Waals surface area contributed by atoms with Gasteiger partial charge in [-0.3, -0.25) is 0 Å². The van der Waals surface area contributed by atoms with Crippen LogP contribution in [0.15, 0.2) is 24.3 Å². The molecule has 1 heterocycles. The second kappa shape index (κ2) is 3.70. The first-order valence-corrected chi connectivity index (χ1v) is 6.78. The van der Waals surface area contributed by atoms with Gasteiger partial charge in [0.1, 0.15) is 6.10 Å². The molecule has 1 aliphatic heterocycles. The molecule has 3 aliphatic rings. The van der Waals surface area contributed by atoms with Gasteiger partial charge in [-0.2, -0.15) is 0 Å². The Morgan fingerprint density at radius 1 is 1.32 bits per heavy atom. The number of ether oxygens (including phenoxy) is 1. The Kier molecular flexibility index (Phi) is 2.51. The molecule has 0 spiro atoms. The number of carbonyl (C=O) groups excluding carboxylic acids is 1. The summed E-state index contributed by atoms with van der Waals surface area (Å²) in [6.45, 7) is 9.54. The smallest absolute Gasteiger partial charge is 0.334 e. The molecular weight excluding hydrogens is 244 g/mol. The van der Waals surface area contributed by atoms with Gasteiger partial charge in [-0.25, -0.2) is 4.79 Å². The lowest BCUT2D eigenvalue weighted by Gasteiger charge is -2.35. The fourth-order valence-electron chi connectivity index (χ4n) is 4.00. The summed E-state index contributed by atoms with van der Waals surface area (Å²) in [5.41, 5.74) is -0.839. The van der Waals surface area contributed by atoms with Gasteiger partial charge in [0.15, 0.2) is 0 Å². The third-order valence-corrected chi connectivity index (χ3v) is 5.31. The molecule has 0 aromatic heterocycles. The predicted octanol–water partition coefficient (Wildman–Crippen LogP) is 1.33. The SMILES string of the molecule is C=C1C(=O)OC2CC(=C)C3(O)CCC(C)(O)C3CC12. The zero-order chi connectivity index (χ0) is 14.0. The van der Waals surface area contributed by atoms with Crippen molar-refractivity contribution in [3.63, 3.8) is 0 Å². The molecule has 2 N–H and O–H groups in total. The van der Waals surface area contributed by atoms with Crippen LogP contribution in [0.25, 0.3) is 0 Å². The number of carbonyl (C=O) groups is 1. The van der Waals surface area contributed by atoms with Crippen LogP contribution in [-0.2, 0) is 9.53 Å². The van der Waals surface area contributed by atoms with E-state index in [1.807, 2.05) is 0 Å². The Morgan fingerprint density at radius 2 is 2.00 bits per heavy atom. The van der Waals surface area contributed by atoms with Crippen LogP contribution in [0, 0.1) is 11.8 Å². The lowest BCUT2D eigenvalue weighted by atomic mass is 9.76. The zero-order valence-corrected chi connectivity index (χ0v) is 11.2. The molecule has 3 rings (SSSR count). The maximum Gasteiger partial charge on any atom is 0.334 e. The summed E-state index contributed by atoms with van der Waals surface area (Å²) in [5, 5.41) is 21.4. The van der Waals surface area contributed by atoms with E-state index in [1.54, 1.807) is 6.92 Å². The Bertz CT molecular complexity index is 479. The van der Waals surface area contributed by atoms with Crippen molar-refractivity contribution in [2.45, 2.75) is 49.9 Å². The van der Waals surface area contributed by atoms with Crippen LogP contribution in [0.5, 0.6) is 0 Å². The van der Waals surface area contributed by atoms with E-state index >= 15 is 0 Å². The Balaban J connectivity index is 2.01. The van der Waals surface area contributed by atoms with Crippen LogP contribution in [-0.4, -0.2) is 33.5 Å². The van der Waals surface area contributed by atoms with Crippen molar-refractivity contribution in [1.82, 2.24) is 0 Å². The van der Waals surface area contributed by atoms with Crippen molar-refractivity contribution in [3.8, 4) is 0 Å². The molecule has 2 aliphatic carbocycles. The maximum atomic E-state index is 11.6. The van der Waals surface area contributed by atoms with Crippen LogP contribution < -0.4 is 0 Å². The Hall–Kier alpha value is -1.13. The minimum atomic E-state index is -1.04. The minimum Gasteiger partial charge on any atom is -0.458 e. The van der Waals surface area contributed by atoms with Gasteiger partial charge >= 0.3 is 5.97 Å². The van der Waals surface area contributed by atoms with Crippen molar-refractivity contribution in [1.29, 1.82) is 0 Å². The summed E-state index contributed by atoms with van der Waals surface area (Å²) in [5.74, 6) is -0.785. The number of hydrogen-bond donors (Lipinski definition) is 2. The molecule has 0 bridgehead atoms. The van der Waals surface area contributed by atoms with E-state index in [1.165, 1.54) is 0 Å². The van der Waals surface area contributed by atoms with E-state index in [9.17, 15) is 15.0 Å². The van der Waals surface area contributed by atoms with E-state index in [2.05, 4.69) is 13.2 Å². The Morgan fingerprint density at radius 3 is 2.68 bits per heavy atom. The maximum absolute atomic E-state index is 11.6. The average Bonchev–Trinajstić information content (AvgIpc) is 2.67. The summed E-state index contributed by atoms with van der Waals surface area (Å²) < 4.78 is 5.31. The second-order valence-electron chi connectivity index (χ2n) is 6.45. The molecule has 0 radical (unpaired) electrons. The van der Waals surface area contributed by atoms with Gasteiger partial charge in [0.25, 0.3) is 0 Å². The summed E-state index contributed by atoms with van der Waals surface area (Å²) in [6, 6.07) is 0. The highest BCUT2D eigenvalue weighted by Crippen LogP contribution is 2.55. The number of hydrogen-bond acceptors (Lipinski definition) is 4. The van der Waals surface area contributed by atoms with Gasteiger partial charge in [-0.1, -0.05) is 13.2 Å². The van der Waals surface area contributed by atoms with E-state index in [-0.39, 0.29) is 23.9 Å². The lowest BCUT2D eigenvalue weighted by Crippen LogP contribution is -2.43. The summed E-state index contributed by atoms with van der Waals surface area (Å²) in [7, 11) is 0. The highest BCUT2D eigenvalue weighted by Gasteiger charge is 2.59. The standard InChI is InChI=1S/C15H20O4/c1-8-6-11-10(9(2)13(16)19-11)7-12-14(3,17)4-5-15(8,12)18/h10-12,17-18H,1-2,4-7H2,3H3. The fourth-order valence-corrected chi connectivity index (χ4v) is 4.00. The van der Waals surface area contributed by atoms with Crippen molar-refractivity contribution < 1.29 is 19.7 Å². The largest absolute Gasteiger partial charge is 0.458 e. The lowest BCUT2D eigenvalue weighted by molar-refractivity contribution is -0.139. The molecule has 0 amide bonds. The highest BCUT2D eigenvalue weighted by atomic mass is 16.6. The second-order valence-corrected chi connectivity index (χ2v) is 6.45. The quantitative estimate of drug-likeness (QED) is 0.393. The van der Waals surface area contributed by atoms with E-state index in [0.717, 1.165) is 0 Å². The molecule has 2 saturated carbocycles. The van der Waals surface area contributed by atoms with Crippen molar-refractivity contribution >= 4 is 5.97 Å². The number of aliphatic hydroxyl groups is 2. The predicted molar refractivity (Wildman–Crippen MR) is 69.2 cm³/mol. The first-order valence-electron chi connectivity index (χ1n) is 6.78. The number of fused-ring (bicyclic) bond motifs is 2. The third-order valence-electron chi connectivity index (χ3n) is 5.31. The van der Waals surface area contributed by atoms with Crippen molar-refractivity contribution in [2.24, 2.45) is 11.8 Å². The monoisotopic (exact) mass is 264 g/mol. The van der Waals surface area contributed by atoms with E-state index in [0.29, 0.717) is 36.8 Å². The highest BCUT2D eigenvalue weighted by molar-refractivity contribution is 5.90. The molecule has 1 saturated heterocycles. The van der Waals surface area contributed by atoms with Gasteiger partial charge in [0.05, 0.1) is 11.2 Å². The molecular formula is C15H20O4. The summed E-state index contributed by atoms with van der Waals surface area (Å²) >= 11 is 0. The van der Waals surface area contributed by atoms with Crippen molar-refractivity contribution in [3.05, 3.63) is 24.3 Å². The third kappa shape index (κ3) is 1.63. The number of esters is 1. The number of rotatable bonds is 0. The van der Waals surface area contributed by atoms with Crippen LogP contribution in [0.4, 0.5) is 0 Å². The molecule has 4 heteroatoms. The normalized spacial score (nSPS) is 49.6. The molecule has 4 nitrogen and oxygen atoms in total. The van der Waals surface area contributed by atoms with Crippen LogP contribution in [0.1, 0.15) is 32.6 Å². The van der Waals surface area contributed by atoms with E-state index < -0.39 is 11.2 Å². The van der Waals surface area contributed by atoms with Gasteiger partial charge in [0.2, 0.25) is 0 Å². The van der Waals surface area contributed by atoms with Gasteiger partial charge < -0.3 is 14.9 Å². The molecule has 3 fully saturated rings. The average molecular weight is 264 g/mol. The minimum absolute atomic E-state index is 0.118. The molecule has 5 unspecified atom stereocenters. The zero-order valence-electron chi connectivity index (χ0n) is 11.2. The van der Waals surface area contributed by atoms with Gasteiger partial charge in [-0.05, 0) is 31.8 Å². The van der Waals surface area contributed by atoms with Crippen molar-refractivity contribution in [2.75, 3.05) is 0 Å². The van der Waals surface area contributed by atoms with Gasteiger partial charge in [0, 0.05) is 23.8 Å². The fraction of sp³-hybridized carbons (Fsp3) is 0.667. The summed E-state index contributed by atoms with van der Waals surface area (Å²) in [6.07, 6.45) is 1.77. The molecule has 5 atom stereocenters. The molecule has 19 heavy (non-hydrogen) atoms. The summed E-state index contributed by atoms with van der Waals surface area (Å²) in [4.78, 5) is 11.6.